The van der Waals surface area contributed by atoms with Crippen molar-refractivity contribution in [1.82, 2.24) is 4.90 Å². The summed E-state index contributed by atoms with van der Waals surface area (Å²) in [7, 11) is -0.864. The Kier molecular flexibility index (Phi) is 6.42. The van der Waals surface area contributed by atoms with E-state index in [9.17, 15) is 9.00 Å². The summed E-state index contributed by atoms with van der Waals surface area (Å²) in [5.74, 6) is 1.76. The van der Waals surface area contributed by atoms with Crippen LogP contribution in [-0.4, -0.2) is 44.1 Å². The molecule has 5 atom stereocenters. The largest absolute Gasteiger partial charge is 0.336 e. The SMILES string of the molecule is CC(C)(C)[S@](=O)C[C@@H](Cc1ccccc1)C1C[C@H]2CC[C@@H](C1)N2C(=O)CN. The third kappa shape index (κ3) is 4.80. The second-order valence-corrected chi connectivity index (χ2v) is 11.4. The first-order chi connectivity index (χ1) is 12.8. The van der Waals surface area contributed by atoms with Crippen LogP contribution in [0.1, 0.15) is 52.0 Å². The maximum Gasteiger partial charge on any atom is 0.236 e. The van der Waals surface area contributed by atoms with Crippen molar-refractivity contribution in [2.45, 2.75) is 69.7 Å². The molecule has 1 aromatic rings. The molecule has 2 fully saturated rings. The number of nitrogens with zero attached hydrogens (tertiary/aromatic N) is 1. The van der Waals surface area contributed by atoms with E-state index in [1.807, 2.05) is 6.07 Å². The average Bonchev–Trinajstić information content (AvgIpc) is 2.90. The predicted octanol–water partition coefficient (Wildman–Crippen LogP) is 3.12. The highest BCUT2D eigenvalue weighted by atomic mass is 32.2. The molecule has 150 valence electrons. The first kappa shape index (κ1) is 20.5. The minimum absolute atomic E-state index is 0.0961. The fraction of sp³-hybridized carbons (Fsp3) is 0.682. The molecule has 0 radical (unpaired) electrons. The Labute approximate surface area is 166 Å². The first-order valence-electron chi connectivity index (χ1n) is 10.2. The van der Waals surface area contributed by atoms with Crippen LogP contribution in [0.25, 0.3) is 0 Å². The van der Waals surface area contributed by atoms with Gasteiger partial charge in [0, 0.05) is 33.4 Å². The first-order valence-corrected chi connectivity index (χ1v) is 11.5. The minimum atomic E-state index is -0.864. The smallest absolute Gasteiger partial charge is 0.236 e. The second-order valence-electron chi connectivity index (χ2n) is 9.20. The summed E-state index contributed by atoms with van der Waals surface area (Å²) in [4.78, 5) is 14.3. The van der Waals surface area contributed by atoms with Crippen LogP contribution in [0.4, 0.5) is 0 Å². The lowest BCUT2D eigenvalue weighted by molar-refractivity contribution is -0.135. The van der Waals surface area contributed by atoms with Crippen LogP contribution in [0.5, 0.6) is 0 Å². The number of piperidine rings is 1. The molecule has 2 N–H and O–H groups in total. The molecule has 2 saturated heterocycles. The van der Waals surface area contributed by atoms with E-state index in [0.29, 0.717) is 23.9 Å². The zero-order valence-corrected chi connectivity index (χ0v) is 17.7. The number of rotatable bonds is 6. The Balaban J connectivity index is 1.77. The van der Waals surface area contributed by atoms with Gasteiger partial charge in [0.1, 0.15) is 0 Å². The number of fused-ring (bicyclic) bond motifs is 2. The normalized spacial score (nSPS) is 27.4. The van der Waals surface area contributed by atoms with Crippen LogP contribution in [0.2, 0.25) is 0 Å². The molecule has 2 heterocycles. The quantitative estimate of drug-likeness (QED) is 0.812. The maximum atomic E-state index is 12.9. The van der Waals surface area contributed by atoms with Crippen LogP contribution in [0.3, 0.4) is 0 Å². The van der Waals surface area contributed by atoms with Gasteiger partial charge in [-0.25, -0.2) is 0 Å². The number of carbonyl (C=O) groups excluding carboxylic acids is 1. The van der Waals surface area contributed by atoms with Gasteiger partial charge in [0.15, 0.2) is 0 Å². The zero-order chi connectivity index (χ0) is 19.6. The predicted molar refractivity (Wildman–Crippen MR) is 112 cm³/mol. The number of nitrogens with two attached hydrogens (primary N) is 1. The van der Waals surface area contributed by atoms with E-state index >= 15 is 0 Å². The number of amides is 1. The number of carbonyl (C=O) groups is 1. The molecule has 1 amide bonds. The van der Waals surface area contributed by atoms with Gasteiger partial charge < -0.3 is 10.6 Å². The topological polar surface area (TPSA) is 63.4 Å². The van der Waals surface area contributed by atoms with Crippen LogP contribution in [-0.2, 0) is 22.0 Å². The Bertz CT molecular complexity index is 657. The highest BCUT2D eigenvalue weighted by Gasteiger charge is 2.45. The summed E-state index contributed by atoms with van der Waals surface area (Å²) in [5.41, 5.74) is 6.95. The van der Waals surface area contributed by atoms with E-state index in [4.69, 9.17) is 5.73 Å². The molecule has 1 aromatic carbocycles. The van der Waals surface area contributed by atoms with Gasteiger partial charge in [0.25, 0.3) is 0 Å². The van der Waals surface area contributed by atoms with Gasteiger partial charge >= 0.3 is 0 Å². The van der Waals surface area contributed by atoms with Gasteiger partial charge in [0.2, 0.25) is 5.91 Å². The Morgan fingerprint density at radius 3 is 2.30 bits per heavy atom. The number of hydrogen-bond donors (Lipinski definition) is 1. The summed E-state index contributed by atoms with van der Waals surface area (Å²) < 4.78 is 12.7. The average molecular weight is 391 g/mol. The van der Waals surface area contributed by atoms with Crippen LogP contribution < -0.4 is 5.73 Å². The molecule has 3 rings (SSSR count). The lowest BCUT2D eigenvalue weighted by Gasteiger charge is -2.42. The van der Waals surface area contributed by atoms with Gasteiger partial charge in [0.05, 0.1) is 6.54 Å². The molecule has 0 aromatic heterocycles. The molecular formula is C22H34N2O2S. The molecule has 0 aliphatic carbocycles. The molecule has 2 aliphatic rings. The summed E-state index contributed by atoms with van der Waals surface area (Å²) in [5, 5.41) is 0. The zero-order valence-electron chi connectivity index (χ0n) is 16.9. The second kappa shape index (κ2) is 8.44. The molecule has 4 nitrogen and oxygen atoms in total. The number of benzene rings is 1. The summed E-state index contributed by atoms with van der Waals surface area (Å²) in [6.07, 6.45) is 5.21. The van der Waals surface area contributed by atoms with Gasteiger partial charge in [-0.2, -0.15) is 0 Å². The highest BCUT2D eigenvalue weighted by Crippen LogP contribution is 2.42. The van der Waals surface area contributed by atoms with E-state index in [1.165, 1.54) is 5.56 Å². The van der Waals surface area contributed by atoms with Crippen molar-refractivity contribution in [2.24, 2.45) is 17.6 Å². The fourth-order valence-corrected chi connectivity index (χ4v) is 6.12. The molecule has 5 heteroatoms. The van der Waals surface area contributed by atoms with Crippen molar-refractivity contribution >= 4 is 16.7 Å². The van der Waals surface area contributed by atoms with Crippen LogP contribution >= 0.6 is 0 Å². The number of hydrogen-bond acceptors (Lipinski definition) is 3. The van der Waals surface area contributed by atoms with E-state index in [1.54, 1.807) is 0 Å². The van der Waals surface area contributed by atoms with E-state index in [0.717, 1.165) is 37.9 Å². The molecular weight excluding hydrogens is 356 g/mol. The van der Waals surface area contributed by atoms with Gasteiger partial charge in [-0.3, -0.25) is 9.00 Å². The van der Waals surface area contributed by atoms with Crippen molar-refractivity contribution in [1.29, 1.82) is 0 Å². The lowest BCUT2D eigenvalue weighted by atomic mass is 9.79. The molecule has 2 bridgehead atoms. The summed E-state index contributed by atoms with van der Waals surface area (Å²) in [6, 6.07) is 11.2. The van der Waals surface area contributed by atoms with E-state index < -0.39 is 10.8 Å². The summed E-state index contributed by atoms with van der Waals surface area (Å²) >= 11 is 0. The highest BCUT2D eigenvalue weighted by molar-refractivity contribution is 7.86. The van der Waals surface area contributed by atoms with Gasteiger partial charge in [-0.15, -0.1) is 0 Å². The van der Waals surface area contributed by atoms with Crippen molar-refractivity contribution in [3.8, 4) is 0 Å². The third-order valence-corrected chi connectivity index (χ3v) is 8.38. The minimum Gasteiger partial charge on any atom is -0.336 e. The molecule has 2 aliphatic heterocycles. The van der Waals surface area contributed by atoms with Crippen molar-refractivity contribution < 1.29 is 9.00 Å². The Hall–Kier alpha value is -1.20. The Morgan fingerprint density at radius 1 is 1.19 bits per heavy atom. The maximum absolute atomic E-state index is 12.9. The molecule has 0 saturated carbocycles. The lowest BCUT2D eigenvalue weighted by Crippen LogP contribution is -2.50. The van der Waals surface area contributed by atoms with E-state index in [-0.39, 0.29) is 17.2 Å². The summed E-state index contributed by atoms with van der Waals surface area (Å²) in [6.45, 7) is 6.30. The van der Waals surface area contributed by atoms with Crippen molar-refractivity contribution in [2.75, 3.05) is 12.3 Å². The molecule has 27 heavy (non-hydrogen) atoms. The molecule has 0 spiro atoms. The van der Waals surface area contributed by atoms with Crippen LogP contribution in [0.15, 0.2) is 30.3 Å². The van der Waals surface area contributed by atoms with E-state index in [2.05, 4.69) is 49.9 Å². The van der Waals surface area contributed by atoms with Crippen molar-refractivity contribution in [3.05, 3.63) is 35.9 Å². The monoisotopic (exact) mass is 390 g/mol. The standard InChI is InChI=1S/C22H34N2O2S/c1-22(2,3)27(26)15-18(11-16-7-5-4-6-8-16)17-12-19-9-10-20(13-17)24(19)21(25)14-23/h4-8,17-20H,9-15,23H2,1-3H3/t17?,18-,19-,20+,27-/m1/s1. The van der Waals surface area contributed by atoms with Crippen molar-refractivity contribution in [3.63, 3.8) is 0 Å². The van der Waals surface area contributed by atoms with Gasteiger partial charge in [-0.1, -0.05) is 30.3 Å². The Morgan fingerprint density at radius 2 is 1.78 bits per heavy atom. The van der Waals surface area contributed by atoms with Gasteiger partial charge in [-0.05, 0) is 70.3 Å². The fourth-order valence-electron chi connectivity index (χ4n) is 4.84. The molecule has 1 unspecified atom stereocenters. The third-order valence-electron chi connectivity index (χ3n) is 6.29. The van der Waals surface area contributed by atoms with Crippen LogP contribution in [0, 0.1) is 11.8 Å².